The van der Waals surface area contributed by atoms with E-state index < -0.39 is 0 Å². The third-order valence-corrected chi connectivity index (χ3v) is 5.25. The molecule has 4 aromatic rings. The molecule has 0 aliphatic carbocycles. The van der Waals surface area contributed by atoms with Crippen LogP contribution >= 0.6 is 23.1 Å². The van der Waals surface area contributed by atoms with Crippen molar-refractivity contribution in [2.24, 2.45) is 0 Å². The highest BCUT2D eigenvalue weighted by molar-refractivity contribution is 7.98. The van der Waals surface area contributed by atoms with Crippen LogP contribution in [0.5, 0.6) is 0 Å². The van der Waals surface area contributed by atoms with Gasteiger partial charge < -0.3 is 4.98 Å². The Bertz CT molecular complexity index is 1020. The van der Waals surface area contributed by atoms with Gasteiger partial charge in [-0.25, -0.2) is 9.67 Å². The van der Waals surface area contributed by atoms with E-state index in [2.05, 4.69) is 25.5 Å². The Hall–Kier alpha value is -2.52. The van der Waals surface area contributed by atoms with Gasteiger partial charge in [-0.1, -0.05) is 42.1 Å². The Balaban J connectivity index is 1.51. The predicted octanol–water partition coefficient (Wildman–Crippen LogP) is 2.31. The van der Waals surface area contributed by atoms with Crippen LogP contribution in [0.3, 0.4) is 0 Å². The number of thioether (sulfide) groups is 1. The quantitative estimate of drug-likeness (QED) is 0.552. The second kappa shape index (κ2) is 6.54. The minimum atomic E-state index is -0.102. The van der Waals surface area contributed by atoms with Gasteiger partial charge in [0.25, 0.3) is 5.56 Å². The van der Waals surface area contributed by atoms with Crippen LogP contribution in [0, 0.1) is 0 Å². The molecule has 0 radical (unpaired) electrons. The number of fused-ring (bicyclic) bond motifs is 1. The van der Waals surface area contributed by atoms with Gasteiger partial charge in [0.2, 0.25) is 5.16 Å². The van der Waals surface area contributed by atoms with Crippen LogP contribution in [0.15, 0.2) is 51.7 Å². The van der Waals surface area contributed by atoms with Gasteiger partial charge in [-0.15, -0.1) is 16.4 Å². The molecule has 1 aromatic carbocycles. The fraction of sp³-hybridized carbons (Fsp3) is 0.133. The molecule has 0 bridgehead atoms. The molecule has 0 saturated heterocycles. The van der Waals surface area contributed by atoms with Crippen molar-refractivity contribution in [3.05, 3.63) is 63.5 Å². The van der Waals surface area contributed by atoms with Crippen molar-refractivity contribution in [3.8, 4) is 0 Å². The minimum Gasteiger partial charge on any atom is -0.309 e. The minimum absolute atomic E-state index is 0.102. The Morgan fingerprint density at radius 2 is 2.08 bits per heavy atom. The number of benzene rings is 1. The summed E-state index contributed by atoms with van der Waals surface area (Å²) in [5.41, 5.74) is 1.75. The van der Waals surface area contributed by atoms with Crippen LogP contribution in [0.4, 0.5) is 0 Å². The second-order valence-corrected chi connectivity index (χ2v) is 6.90. The maximum Gasteiger partial charge on any atom is 0.268 e. The van der Waals surface area contributed by atoms with Gasteiger partial charge in [0.15, 0.2) is 0 Å². The Morgan fingerprint density at radius 3 is 2.96 bits per heavy atom. The monoisotopic (exact) mass is 356 g/mol. The molecule has 4 rings (SSSR count). The molecule has 0 saturated carbocycles. The molecular weight excluding hydrogens is 344 g/mol. The SMILES string of the molecule is O=c1[nH]c(CSc2nnnn2Cc2ccccc2)nc2ccsc12. The van der Waals surface area contributed by atoms with Crippen LogP contribution < -0.4 is 5.56 Å². The molecule has 24 heavy (non-hydrogen) atoms. The van der Waals surface area contributed by atoms with E-state index in [0.717, 1.165) is 11.1 Å². The van der Waals surface area contributed by atoms with Crippen molar-refractivity contribution < 1.29 is 0 Å². The fourth-order valence-electron chi connectivity index (χ4n) is 2.28. The molecule has 0 aliphatic heterocycles. The number of aromatic nitrogens is 6. The smallest absolute Gasteiger partial charge is 0.268 e. The highest BCUT2D eigenvalue weighted by Gasteiger charge is 2.10. The van der Waals surface area contributed by atoms with Gasteiger partial charge in [0.05, 0.1) is 17.8 Å². The lowest BCUT2D eigenvalue weighted by Gasteiger charge is -2.04. The maximum absolute atomic E-state index is 12.0. The first-order valence-corrected chi connectivity index (χ1v) is 9.05. The molecule has 9 heteroatoms. The molecule has 3 heterocycles. The Labute approximate surface area is 144 Å². The highest BCUT2D eigenvalue weighted by atomic mass is 32.2. The lowest BCUT2D eigenvalue weighted by molar-refractivity contribution is 0.602. The zero-order chi connectivity index (χ0) is 16.4. The Morgan fingerprint density at radius 1 is 1.21 bits per heavy atom. The summed E-state index contributed by atoms with van der Waals surface area (Å²) < 4.78 is 2.39. The molecule has 7 nitrogen and oxygen atoms in total. The summed E-state index contributed by atoms with van der Waals surface area (Å²) in [4.78, 5) is 19.3. The maximum atomic E-state index is 12.0. The lowest BCUT2D eigenvalue weighted by atomic mass is 10.2. The first-order chi connectivity index (χ1) is 11.8. The van der Waals surface area contributed by atoms with E-state index in [0.29, 0.717) is 28.0 Å². The Kier molecular flexibility index (Phi) is 4.09. The number of nitrogens with one attached hydrogen (secondary N) is 1. The van der Waals surface area contributed by atoms with E-state index >= 15 is 0 Å². The zero-order valence-electron chi connectivity index (χ0n) is 12.4. The fourth-order valence-corrected chi connectivity index (χ4v) is 3.75. The molecule has 1 N–H and O–H groups in total. The van der Waals surface area contributed by atoms with Crippen LogP contribution in [-0.4, -0.2) is 30.2 Å². The number of rotatable bonds is 5. The molecule has 0 amide bonds. The summed E-state index contributed by atoms with van der Waals surface area (Å²) in [5.74, 6) is 1.11. The largest absolute Gasteiger partial charge is 0.309 e. The molecular formula is C15H12N6OS2. The summed E-state index contributed by atoms with van der Waals surface area (Å²) >= 11 is 2.84. The van der Waals surface area contributed by atoms with Gasteiger partial charge in [-0.2, -0.15) is 0 Å². The van der Waals surface area contributed by atoms with E-state index in [9.17, 15) is 4.79 Å². The van der Waals surface area contributed by atoms with Crippen molar-refractivity contribution in [2.75, 3.05) is 0 Å². The van der Waals surface area contributed by atoms with E-state index in [4.69, 9.17) is 0 Å². The van der Waals surface area contributed by atoms with Gasteiger partial charge in [-0.05, 0) is 27.4 Å². The lowest BCUT2D eigenvalue weighted by Crippen LogP contribution is -2.10. The van der Waals surface area contributed by atoms with Crippen molar-refractivity contribution >= 4 is 33.3 Å². The number of H-pyrrole nitrogens is 1. The van der Waals surface area contributed by atoms with Crippen molar-refractivity contribution in [2.45, 2.75) is 17.5 Å². The summed E-state index contributed by atoms with van der Waals surface area (Å²) in [7, 11) is 0. The standard InChI is InChI=1S/C15H12N6OS2/c22-14-13-11(6-7-23-13)16-12(17-14)9-24-15-18-19-20-21(15)8-10-4-2-1-3-5-10/h1-7H,8-9H2,(H,16,17,22). The zero-order valence-corrected chi connectivity index (χ0v) is 14.0. The number of thiophene rings is 1. The third kappa shape index (κ3) is 3.08. The van der Waals surface area contributed by atoms with E-state index in [1.54, 1.807) is 4.68 Å². The number of nitrogens with zero attached hydrogens (tertiary/aromatic N) is 5. The molecule has 3 aromatic heterocycles. The van der Waals surface area contributed by atoms with Crippen LogP contribution in [0.25, 0.3) is 10.2 Å². The summed E-state index contributed by atoms with van der Waals surface area (Å²) in [6.07, 6.45) is 0. The molecule has 0 unspecified atom stereocenters. The second-order valence-electron chi connectivity index (χ2n) is 5.04. The number of hydrogen-bond acceptors (Lipinski definition) is 7. The van der Waals surface area contributed by atoms with Gasteiger partial charge >= 0.3 is 0 Å². The topological polar surface area (TPSA) is 89.4 Å². The van der Waals surface area contributed by atoms with Crippen LogP contribution in [0.2, 0.25) is 0 Å². The van der Waals surface area contributed by atoms with Crippen molar-refractivity contribution in [3.63, 3.8) is 0 Å². The van der Waals surface area contributed by atoms with Gasteiger partial charge in [0, 0.05) is 0 Å². The number of aromatic amines is 1. The molecule has 120 valence electrons. The van der Waals surface area contributed by atoms with Crippen LogP contribution in [0.1, 0.15) is 11.4 Å². The van der Waals surface area contributed by atoms with Crippen molar-refractivity contribution in [1.29, 1.82) is 0 Å². The van der Waals surface area contributed by atoms with Gasteiger partial charge in [-0.3, -0.25) is 4.79 Å². The first-order valence-electron chi connectivity index (χ1n) is 7.19. The summed E-state index contributed by atoms with van der Waals surface area (Å²) in [6.45, 7) is 0.601. The number of tetrazole rings is 1. The average molecular weight is 356 g/mol. The number of hydrogen-bond donors (Lipinski definition) is 1. The molecule has 0 spiro atoms. The summed E-state index contributed by atoms with van der Waals surface area (Å²) in [5, 5.41) is 14.4. The van der Waals surface area contributed by atoms with Crippen LogP contribution in [-0.2, 0) is 12.3 Å². The molecule has 0 fully saturated rings. The van der Waals surface area contributed by atoms with E-state index in [1.165, 1.54) is 23.1 Å². The highest BCUT2D eigenvalue weighted by Crippen LogP contribution is 2.20. The normalized spacial score (nSPS) is 11.2. The average Bonchev–Trinajstić information content (AvgIpc) is 3.23. The molecule has 0 aliphatic rings. The molecule has 0 atom stereocenters. The third-order valence-electron chi connectivity index (χ3n) is 3.38. The van der Waals surface area contributed by atoms with Gasteiger partial charge in [0.1, 0.15) is 10.5 Å². The first kappa shape index (κ1) is 15.0. The summed E-state index contributed by atoms with van der Waals surface area (Å²) in [6, 6.07) is 11.8. The van der Waals surface area contributed by atoms with E-state index in [-0.39, 0.29) is 5.56 Å². The van der Waals surface area contributed by atoms with Crippen molar-refractivity contribution in [1.82, 2.24) is 30.2 Å². The predicted molar refractivity (Wildman–Crippen MR) is 93.2 cm³/mol. The van der Waals surface area contributed by atoms with E-state index in [1.807, 2.05) is 41.8 Å².